The zero-order valence-corrected chi connectivity index (χ0v) is 13.4. The maximum absolute atomic E-state index is 11.5. The molecule has 0 spiro atoms. The maximum atomic E-state index is 11.5. The second-order valence-electron chi connectivity index (χ2n) is 5.58. The fourth-order valence-electron chi connectivity index (χ4n) is 2.95. The minimum atomic E-state index is -0.198. The van der Waals surface area contributed by atoms with Gasteiger partial charge >= 0.3 is 5.97 Å². The Morgan fingerprint density at radius 1 is 1.27 bits per heavy atom. The molecule has 0 aliphatic carbocycles. The van der Waals surface area contributed by atoms with Gasteiger partial charge < -0.3 is 24.8 Å². The van der Waals surface area contributed by atoms with Crippen LogP contribution >= 0.6 is 0 Å². The van der Waals surface area contributed by atoms with Crippen molar-refractivity contribution in [3.63, 3.8) is 0 Å². The molecule has 0 aromatic heterocycles. The summed E-state index contributed by atoms with van der Waals surface area (Å²) in [6.07, 6.45) is 1.20. The lowest BCUT2D eigenvalue weighted by Crippen LogP contribution is -2.47. The molecule has 0 bridgehead atoms. The number of hydrogen-bond donors (Lipinski definition) is 1. The largest absolute Gasteiger partial charge is 0.497 e. The van der Waals surface area contributed by atoms with Gasteiger partial charge in [-0.1, -0.05) is 0 Å². The highest BCUT2D eigenvalue weighted by atomic mass is 16.5. The van der Waals surface area contributed by atoms with Crippen molar-refractivity contribution in [1.82, 2.24) is 0 Å². The van der Waals surface area contributed by atoms with Crippen LogP contribution in [0.2, 0.25) is 0 Å². The summed E-state index contributed by atoms with van der Waals surface area (Å²) in [5.74, 6) is 1.51. The number of anilines is 1. The second-order valence-corrected chi connectivity index (χ2v) is 5.58. The number of nitrogens with zero attached hydrogens (tertiary/aromatic N) is 1. The van der Waals surface area contributed by atoms with Crippen LogP contribution in [0.1, 0.15) is 12.8 Å². The third-order valence-electron chi connectivity index (χ3n) is 3.98. The molecule has 0 saturated carbocycles. The smallest absolute Gasteiger partial charge is 0.305 e. The second kappa shape index (κ2) is 7.35. The molecule has 6 nitrogen and oxygen atoms in total. The Morgan fingerprint density at radius 2 is 2.05 bits per heavy atom. The van der Waals surface area contributed by atoms with Crippen LogP contribution in [-0.2, 0) is 9.53 Å². The summed E-state index contributed by atoms with van der Waals surface area (Å²) in [4.78, 5) is 13.7. The first-order chi connectivity index (χ1) is 10.6. The van der Waals surface area contributed by atoms with Crippen LogP contribution in [0.15, 0.2) is 18.2 Å². The first-order valence-electron chi connectivity index (χ1n) is 7.36. The average Bonchev–Trinajstić information content (AvgIpc) is 2.53. The third-order valence-corrected chi connectivity index (χ3v) is 3.98. The van der Waals surface area contributed by atoms with Crippen molar-refractivity contribution in [3.8, 4) is 11.5 Å². The number of ether oxygens (including phenoxy) is 3. The SMILES string of the molecule is COC(=O)CC1CC(N)CN(c2cc(OC)ccc2OC)C1. The number of nitrogens with two attached hydrogens (primary N) is 1. The minimum absolute atomic E-state index is 0.0133. The van der Waals surface area contributed by atoms with Gasteiger partial charge in [0.2, 0.25) is 0 Å². The monoisotopic (exact) mass is 308 g/mol. The van der Waals surface area contributed by atoms with Crippen molar-refractivity contribution >= 4 is 11.7 Å². The summed E-state index contributed by atoms with van der Waals surface area (Å²) in [7, 11) is 4.68. The van der Waals surface area contributed by atoms with Crippen molar-refractivity contribution in [1.29, 1.82) is 0 Å². The first kappa shape index (κ1) is 16.4. The summed E-state index contributed by atoms with van der Waals surface area (Å²) in [6.45, 7) is 1.47. The summed E-state index contributed by atoms with van der Waals surface area (Å²) in [6, 6.07) is 5.69. The lowest BCUT2D eigenvalue weighted by atomic mass is 9.91. The Morgan fingerprint density at radius 3 is 2.68 bits per heavy atom. The Hall–Kier alpha value is -1.95. The zero-order chi connectivity index (χ0) is 16.1. The van der Waals surface area contributed by atoms with E-state index in [0.717, 1.165) is 36.7 Å². The molecular formula is C16H24N2O4. The van der Waals surface area contributed by atoms with Gasteiger partial charge in [-0.25, -0.2) is 0 Å². The van der Waals surface area contributed by atoms with Gasteiger partial charge in [0.25, 0.3) is 0 Å². The summed E-state index contributed by atoms with van der Waals surface area (Å²) < 4.78 is 15.5. The highest BCUT2D eigenvalue weighted by Gasteiger charge is 2.28. The molecule has 1 aliphatic rings. The molecule has 2 N–H and O–H groups in total. The lowest BCUT2D eigenvalue weighted by molar-refractivity contribution is -0.141. The topological polar surface area (TPSA) is 74.0 Å². The van der Waals surface area contributed by atoms with Crippen LogP contribution in [0.25, 0.3) is 0 Å². The summed E-state index contributed by atoms with van der Waals surface area (Å²) >= 11 is 0. The molecule has 1 aromatic rings. The number of benzene rings is 1. The van der Waals surface area contributed by atoms with Crippen molar-refractivity contribution < 1.29 is 19.0 Å². The standard InChI is InChI=1S/C16H24N2O4/c1-20-13-4-5-15(21-2)14(8-13)18-9-11(6-12(17)10-18)7-16(19)22-3/h4-5,8,11-12H,6-7,9-10,17H2,1-3H3. The molecule has 1 fully saturated rings. The van der Waals surface area contributed by atoms with E-state index in [2.05, 4.69) is 4.90 Å². The van der Waals surface area contributed by atoms with E-state index in [-0.39, 0.29) is 17.9 Å². The average molecular weight is 308 g/mol. The van der Waals surface area contributed by atoms with Gasteiger partial charge in [0.05, 0.1) is 33.4 Å². The zero-order valence-electron chi connectivity index (χ0n) is 13.4. The van der Waals surface area contributed by atoms with Crippen LogP contribution in [0.5, 0.6) is 11.5 Å². The van der Waals surface area contributed by atoms with Gasteiger partial charge in [-0.3, -0.25) is 4.79 Å². The van der Waals surface area contributed by atoms with E-state index in [4.69, 9.17) is 19.9 Å². The molecule has 1 heterocycles. The summed E-state index contributed by atoms with van der Waals surface area (Å²) in [5.41, 5.74) is 7.10. The van der Waals surface area contributed by atoms with E-state index >= 15 is 0 Å². The van der Waals surface area contributed by atoms with Crippen LogP contribution in [0.4, 0.5) is 5.69 Å². The quantitative estimate of drug-likeness (QED) is 0.829. The van der Waals surface area contributed by atoms with Crippen molar-refractivity contribution in [2.24, 2.45) is 11.7 Å². The van der Waals surface area contributed by atoms with Crippen LogP contribution in [-0.4, -0.2) is 46.4 Å². The molecule has 1 aliphatic heterocycles. The lowest BCUT2D eigenvalue weighted by Gasteiger charge is -2.38. The van der Waals surface area contributed by atoms with Gasteiger partial charge in [-0.2, -0.15) is 0 Å². The predicted molar refractivity (Wildman–Crippen MR) is 84.5 cm³/mol. The molecule has 6 heteroatoms. The normalized spacial score (nSPS) is 21.4. The van der Waals surface area contributed by atoms with Gasteiger partial charge in [0.1, 0.15) is 11.5 Å². The number of rotatable bonds is 5. The van der Waals surface area contributed by atoms with E-state index in [1.165, 1.54) is 7.11 Å². The number of esters is 1. The third kappa shape index (κ3) is 3.82. The first-order valence-corrected chi connectivity index (χ1v) is 7.36. The molecular weight excluding hydrogens is 284 g/mol. The van der Waals surface area contributed by atoms with Gasteiger partial charge in [0, 0.05) is 25.2 Å². The Balaban J connectivity index is 2.21. The highest BCUT2D eigenvalue weighted by molar-refractivity contribution is 5.70. The summed E-state index contributed by atoms with van der Waals surface area (Å²) in [5, 5.41) is 0. The molecule has 2 unspecified atom stereocenters. The number of carbonyl (C=O) groups is 1. The molecule has 0 radical (unpaired) electrons. The van der Waals surface area contributed by atoms with E-state index in [1.807, 2.05) is 18.2 Å². The molecule has 2 atom stereocenters. The van der Waals surface area contributed by atoms with Crippen LogP contribution < -0.4 is 20.1 Å². The molecule has 2 rings (SSSR count). The van der Waals surface area contributed by atoms with Crippen molar-refractivity contribution in [3.05, 3.63) is 18.2 Å². The fourth-order valence-corrected chi connectivity index (χ4v) is 2.95. The number of methoxy groups -OCH3 is 3. The van der Waals surface area contributed by atoms with Gasteiger partial charge in [-0.05, 0) is 24.5 Å². The van der Waals surface area contributed by atoms with E-state index in [9.17, 15) is 4.79 Å². The van der Waals surface area contributed by atoms with Gasteiger partial charge in [0.15, 0.2) is 0 Å². The number of carbonyl (C=O) groups excluding carboxylic acids is 1. The molecule has 1 saturated heterocycles. The minimum Gasteiger partial charge on any atom is -0.497 e. The molecule has 0 amide bonds. The highest BCUT2D eigenvalue weighted by Crippen LogP contribution is 2.35. The predicted octanol–water partition coefficient (Wildman–Crippen LogP) is 1.42. The molecule has 22 heavy (non-hydrogen) atoms. The van der Waals surface area contributed by atoms with E-state index in [0.29, 0.717) is 6.42 Å². The van der Waals surface area contributed by atoms with Gasteiger partial charge in [-0.15, -0.1) is 0 Å². The van der Waals surface area contributed by atoms with Crippen LogP contribution in [0, 0.1) is 5.92 Å². The van der Waals surface area contributed by atoms with E-state index in [1.54, 1.807) is 14.2 Å². The Labute approximate surface area is 131 Å². The number of piperidine rings is 1. The van der Waals surface area contributed by atoms with Crippen molar-refractivity contribution in [2.75, 3.05) is 39.3 Å². The van der Waals surface area contributed by atoms with Crippen LogP contribution in [0.3, 0.4) is 0 Å². The Kier molecular flexibility index (Phi) is 5.49. The molecule has 1 aromatic carbocycles. The Bertz CT molecular complexity index is 521. The van der Waals surface area contributed by atoms with Crippen molar-refractivity contribution in [2.45, 2.75) is 18.9 Å². The maximum Gasteiger partial charge on any atom is 0.305 e. The fraction of sp³-hybridized carbons (Fsp3) is 0.562. The molecule has 122 valence electrons. The number of hydrogen-bond acceptors (Lipinski definition) is 6. The van der Waals surface area contributed by atoms with E-state index < -0.39 is 0 Å².